The van der Waals surface area contributed by atoms with Gasteiger partial charge in [-0.2, -0.15) is 0 Å². The number of aliphatic hydroxyl groups excluding tert-OH is 1. The van der Waals surface area contributed by atoms with Gasteiger partial charge in [-0.25, -0.2) is 4.79 Å². The number of hydrogen-bond acceptors (Lipinski definition) is 3. The standard InChI is InChI=1S/C17H21N3O3/c21-12-14-6-8-19(9-7-14)16(22)15-10-18-17(23)20(15)11-13-4-2-1-3-5-13/h1-5,10,14,21H,6-9,11-12H2,(H,18,23). The molecule has 0 saturated carbocycles. The molecule has 0 spiro atoms. The summed E-state index contributed by atoms with van der Waals surface area (Å²) in [6.45, 7) is 1.78. The first-order chi connectivity index (χ1) is 11.2. The maximum atomic E-state index is 12.7. The molecule has 2 N–H and O–H groups in total. The van der Waals surface area contributed by atoms with Crippen molar-refractivity contribution in [2.45, 2.75) is 19.4 Å². The highest BCUT2D eigenvalue weighted by atomic mass is 16.3. The molecule has 1 aromatic carbocycles. The zero-order valence-electron chi connectivity index (χ0n) is 12.9. The third-order valence-corrected chi connectivity index (χ3v) is 4.43. The normalized spacial score (nSPS) is 15.8. The van der Waals surface area contributed by atoms with E-state index in [-0.39, 0.29) is 24.1 Å². The van der Waals surface area contributed by atoms with E-state index in [4.69, 9.17) is 0 Å². The number of aromatic nitrogens is 2. The van der Waals surface area contributed by atoms with Crippen LogP contribution in [0.25, 0.3) is 0 Å². The number of aromatic amines is 1. The van der Waals surface area contributed by atoms with Gasteiger partial charge in [0.15, 0.2) is 0 Å². The highest BCUT2D eigenvalue weighted by molar-refractivity contribution is 5.92. The van der Waals surface area contributed by atoms with Crippen LogP contribution < -0.4 is 5.69 Å². The average molecular weight is 315 g/mol. The van der Waals surface area contributed by atoms with Crippen LogP contribution in [0, 0.1) is 5.92 Å². The molecular weight excluding hydrogens is 294 g/mol. The third-order valence-electron chi connectivity index (χ3n) is 4.43. The van der Waals surface area contributed by atoms with Gasteiger partial charge in [0.05, 0.1) is 6.54 Å². The Bertz CT molecular complexity index is 712. The number of carbonyl (C=O) groups excluding carboxylic acids is 1. The minimum absolute atomic E-state index is 0.129. The summed E-state index contributed by atoms with van der Waals surface area (Å²) in [5.41, 5.74) is 1.09. The third kappa shape index (κ3) is 3.37. The summed E-state index contributed by atoms with van der Waals surface area (Å²) in [6.07, 6.45) is 3.09. The maximum Gasteiger partial charge on any atom is 0.326 e. The van der Waals surface area contributed by atoms with E-state index in [0.717, 1.165) is 18.4 Å². The second kappa shape index (κ2) is 6.83. The second-order valence-electron chi connectivity index (χ2n) is 5.97. The van der Waals surface area contributed by atoms with Gasteiger partial charge in [-0.15, -0.1) is 0 Å². The van der Waals surface area contributed by atoms with Crippen LogP contribution >= 0.6 is 0 Å². The predicted molar refractivity (Wildman–Crippen MR) is 86.3 cm³/mol. The van der Waals surface area contributed by atoms with E-state index in [0.29, 0.717) is 25.3 Å². The lowest BCUT2D eigenvalue weighted by molar-refractivity contribution is 0.0640. The van der Waals surface area contributed by atoms with Crippen molar-refractivity contribution < 1.29 is 9.90 Å². The van der Waals surface area contributed by atoms with Gasteiger partial charge in [0, 0.05) is 25.9 Å². The van der Waals surface area contributed by atoms with Crippen molar-refractivity contribution >= 4 is 5.91 Å². The van der Waals surface area contributed by atoms with Crippen molar-refractivity contribution in [2.24, 2.45) is 5.92 Å². The lowest BCUT2D eigenvalue weighted by Gasteiger charge is -2.31. The molecule has 2 heterocycles. The Morgan fingerprint density at radius 2 is 1.91 bits per heavy atom. The van der Waals surface area contributed by atoms with E-state index >= 15 is 0 Å². The number of nitrogens with one attached hydrogen (secondary N) is 1. The second-order valence-corrected chi connectivity index (χ2v) is 5.97. The van der Waals surface area contributed by atoms with E-state index in [9.17, 15) is 14.7 Å². The Labute approximate surface area is 134 Å². The number of imidazole rings is 1. The summed E-state index contributed by atoms with van der Waals surface area (Å²) in [5, 5.41) is 9.19. The van der Waals surface area contributed by atoms with E-state index in [1.54, 1.807) is 4.90 Å². The molecule has 6 nitrogen and oxygen atoms in total. The Morgan fingerprint density at radius 3 is 2.57 bits per heavy atom. The number of piperidine rings is 1. The number of hydrogen-bond donors (Lipinski definition) is 2. The van der Waals surface area contributed by atoms with Gasteiger partial charge in [0.1, 0.15) is 5.69 Å². The van der Waals surface area contributed by atoms with Gasteiger partial charge in [0.2, 0.25) is 0 Å². The number of amides is 1. The van der Waals surface area contributed by atoms with E-state index in [1.165, 1.54) is 10.8 Å². The van der Waals surface area contributed by atoms with Gasteiger partial charge in [-0.05, 0) is 24.3 Å². The number of H-pyrrole nitrogens is 1. The zero-order valence-corrected chi connectivity index (χ0v) is 12.9. The van der Waals surface area contributed by atoms with Gasteiger partial charge in [-0.3, -0.25) is 9.36 Å². The molecule has 0 unspecified atom stereocenters. The Morgan fingerprint density at radius 1 is 1.22 bits per heavy atom. The number of nitrogens with zero attached hydrogens (tertiary/aromatic N) is 2. The van der Waals surface area contributed by atoms with Crippen LogP contribution in [-0.2, 0) is 6.54 Å². The van der Waals surface area contributed by atoms with Crippen molar-refractivity contribution in [3.63, 3.8) is 0 Å². The number of likely N-dealkylation sites (tertiary alicyclic amines) is 1. The first-order valence-electron chi connectivity index (χ1n) is 7.91. The van der Waals surface area contributed by atoms with E-state index < -0.39 is 0 Å². The first-order valence-corrected chi connectivity index (χ1v) is 7.91. The quantitative estimate of drug-likeness (QED) is 0.886. The predicted octanol–water partition coefficient (Wildman–Crippen LogP) is 1.07. The molecule has 0 radical (unpaired) electrons. The van der Waals surface area contributed by atoms with Crippen LogP contribution in [0.1, 0.15) is 28.9 Å². The molecule has 2 aromatic rings. The molecule has 0 bridgehead atoms. The van der Waals surface area contributed by atoms with Gasteiger partial charge in [-0.1, -0.05) is 30.3 Å². The van der Waals surface area contributed by atoms with Crippen LogP contribution in [-0.4, -0.2) is 45.2 Å². The summed E-state index contributed by atoms with van der Waals surface area (Å²) >= 11 is 0. The van der Waals surface area contributed by atoms with Crippen molar-refractivity contribution in [3.8, 4) is 0 Å². The molecule has 23 heavy (non-hydrogen) atoms. The molecule has 1 aliphatic heterocycles. The van der Waals surface area contributed by atoms with Crippen LogP contribution in [0.5, 0.6) is 0 Å². The van der Waals surface area contributed by atoms with Crippen molar-refractivity contribution in [1.82, 2.24) is 14.5 Å². The summed E-state index contributed by atoms with van der Waals surface area (Å²) < 4.78 is 1.48. The van der Waals surface area contributed by atoms with Crippen LogP contribution in [0.4, 0.5) is 0 Å². The molecule has 1 aromatic heterocycles. The van der Waals surface area contributed by atoms with Crippen LogP contribution in [0.2, 0.25) is 0 Å². The first kappa shape index (κ1) is 15.6. The summed E-state index contributed by atoms with van der Waals surface area (Å²) in [7, 11) is 0. The zero-order chi connectivity index (χ0) is 16.2. The molecule has 0 aliphatic carbocycles. The number of aliphatic hydroxyl groups is 1. The lowest BCUT2D eigenvalue weighted by Crippen LogP contribution is -2.40. The van der Waals surface area contributed by atoms with Crippen LogP contribution in [0.15, 0.2) is 41.3 Å². The van der Waals surface area contributed by atoms with E-state index in [2.05, 4.69) is 4.98 Å². The number of benzene rings is 1. The molecule has 1 aliphatic rings. The fourth-order valence-corrected chi connectivity index (χ4v) is 2.98. The minimum atomic E-state index is -0.276. The Kier molecular flexibility index (Phi) is 4.62. The molecular formula is C17H21N3O3. The molecule has 0 atom stereocenters. The topological polar surface area (TPSA) is 78.3 Å². The van der Waals surface area contributed by atoms with Gasteiger partial charge >= 0.3 is 5.69 Å². The van der Waals surface area contributed by atoms with Gasteiger partial charge in [0.25, 0.3) is 5.91 Å². The van der Waals surface area contributed by atoms with E-state index in [1.807, 2.05) is 30.3 Å². The molecule has 1 fully saturated rings. The number of rotatable bonds is 4. The average Bonchev–Trinajstić information content (AvgIpc) is 2.96. The van der Waals surface area contributed by atoms with Crippen LogP contribution in [0.3, 0.4) is 0 Å². The fourth-order valence-electron chi connectivity index (χ4n) is 2.98. The van der Waals surface area contributed by atoms with Gasteiger partial charge < -0.3 is 15.0 Å². The summed E-state index contributed by atoms with van der Waals surface area (Å²) in [4.78, 5) is 29.1. The highest BCUT2D eigenvalue weighted by Gasteiger charge is 2.25. The van der Waals surface area contributed by atoms with Crippen molar-refractivity contribution in [3.05, 3.63) is 58.3 Å². The molecule has 122 valence electrons. The maximum absolute atomic E-state index is 12.7. The monoisotopic (exact) mass is 315 g/mol. The van der Waals surface area contributed by atoms with Crippen molar-refractivity contribution in [2.75, 3.05) is 19.7 Å². The molecule has 3 rings (SSSR count). The summed E-state index contributed by atoms with van der Waals surface area (Å²) in [6, 6.07) is 9.60. The Hall–Kier alpha value is -2.34. The lowest BCUT2D eigenvalue weighted by atomic mass is 9.98. The van der Waals surface area contributed by atoms with Crippen molar-refractivity contribution in [1.29, 1.82) is 0 Å². The fraction of sp³-hybridized carbons (Fsp3) is 0.412. The minimum Gasteiger partial charge on any atom is -0.396 e. The smallest absolute Gasteiger partial charge is 0.326 e. The highest BCUT2D eigenvalue weighted by Crippen LogP contribution is 2.18. The largest absolute Gasteiger partial charge is 0.396 e. The molecule has 1 saturated heterocycles. The summed E-state index contributed by atoms with van der Waals surface area (Å²) in [5.74, 6) is 0.146. The molecule has 6 heteroatoms. The number of carbonyl (C=O) groups is 1. The SMILES string of the molecule is O=C(c1c[nH]c(=O)n1Cc1ccccc1)N1CCC(CO)CC1. The Balaban J connectivity index is 1.78. The molecule has 1 amide bonds.